The van der Waals surface area contributed by atoms with Crippen molar-refractivity contribution >= 4 is 21.9 Å². The highest BCUT2D eigenvalue weighted by Gasteiger charge is 2.40. The molecule has 4 heteroatoms. The Bertz CT molecular complexity index is 511. The third kappa shape index (κ3) is 2.32. The average Bonchev–Trinajstić information content (AvgIpc) is 2.70. The molecule has 0 radical (unpaired) electrons. The zero-order valence-corrected chi connectivity index (χ0v) is 12.6. The summed E-state index contributed by atoms with van der Waals surface area (Å²) in [4.78, 5) is 13.4. The van der Waals surface area contributed by atoms with E-state index < -0.39 is 5.97 Å². The summed E-state index contributed by atoms with van der Waals surface area (Å²) >= 11 is 3.52. The molecule has 2 atom stereocenters. The SMILES string of the molecule is CC(C(=O)O)C1CN(C2CCc3cc(Br)ccc32)C1. The minimum atomic E-state index is -0.666. The van der Waals surface area contributed by atoms with E-state index >= 15 is 0 Å². The number of likely N-dealkylation sites (tertiary alicyclic amines) is 1. The monoisotopic (exact) mass is 323 g/mol. The number of benzene rings is 1. The second-order valence-corrected chi connectivity index (χ2v) is 6.65. The van der Waals surface area contributed by atoms with E-state index in [4.69, 9.17) is 5.11 Å². The van der Waals surface area contributed by atoms with Gasteiger partial charge in [0.25, 0.3) is 0 Å². The number of aliphatic carboxylic acids is 1. The van der Waals surface area contributed by atoms with Crippen molar-refractivity contribution in [2.75, 3.05) is 13.1 Å². The standard InChI is InChI=1S/C15H18BrNO2/c1-9(15(18)19)11-7-17(8-11)14-5-2-10-6-12(16)3-4-13(10)14/h3-4,6,9,11,14H,2,5,7-8H2,1H3,(H,18,19). The van der Waals surface area contributed by atoms with E-state index in [1.54, 1.807) is 0 Å². The lowest BCUT2D eigenvalue weighted by molar-refractivity contribution is -0.146. The van der Waals surface area contributed by atoms with Crippen molar-refractivity contribution in [1.82, 2.24) is 4.90 Å². The second-order valence-electron chi connectivity index (χ2n) is 5.74. The summed E-state index contributed by atoms with van der Waals surface area (Å²) in [5.41, 5.74) is 2.87. The van der Waals surface area contributed by atoms with Crippen molar-refractivity contribution in [3.05, 3.63) is 33.8 Å². The van der Waals surface area contributed by atoms with Crippen molar-refractivity contribution in [3.63, 3.8) is 0 Å². The number of fused-ring (bicyclic) bond motifs is 1. The molecule has 1 fully saturated rings. The van der Waals surface area contributed by atoms with Crippen LogP contribution < -0.4 is 0 Å². The van der Waals surface area contributed by atoms with Gasteiger partial charge in [0.1, 0.15) is 0 Å². The molecule has 3 nitrogen and oxygen atoms in total. The van der Waals surface area contributed by atoms with Gasteiger partial charge in [0.05, 0.1) is 5.92 Å². The van der Waals surface area contributed by atoms with Gasteiger partial charge >= 0.3 is 5.97 Å². The molecular formula is C15H18BrNO2. The van der Waals surface area contributed by atoms with Crippen LogP contribution in [0.2, 0.25) is 0 Å². The van der Waals surface area contributed by atoms with Crippen molar-refractivity contribution in [2.45, 2.75) is 25.8 Å². The lowest BCUT2D eigenvalue weighted by Gasteiger charge is -2.45. The molecule has 1 aliphatic carbocycles. The summed E-state index contributed by atoms with van der Waals surface area (Å²) < 4.78 is 1.15. The first kappa shape index (κ1) is 13.1. The highest BCUT2D eigenvalue weighted by molar-refractivity contribution is 9.10. The predicted molar refractivity (Wildman–Crippen MR) is 77.1 cm³/mol. The lowest BCUT2D eigenvalue weighted by atomic mass is 9.85. The van der Waals surface area contributed by atoms with Gasteiger partial charge in [-0.25, -0.2) is 0 Å². The summed E-state index contributed by atoms with van der Waals surface area (Å²) in [6.45, 7) is 3.67. The normalized spacial score (nSPS) is 24.8. The fourth-order valence-corrected chi connectivity index (χ4v) is 3.67. The third-order valence-electron chi connectivity index (χ3n) is 4.63. The molecule has 1 aromatic rings. The van der Waals surface area contributed by atoms with Crippen molar-refractivity contribution in [3.8, 4) is 0 Å². The molecule has 1 saturated heterocycles. The lowest BCUT2D eigenvalue weighted by Crippen LogP contribution is -2.51. The molecule has 0 aromatic heterocycles. The van der Waals surface area contributed by atoms with Gasteiger partial charge in [-0.05, 0) is 42.0 Å². The molecule has 0 spiro atoms. The molecule has 19 heavy (non-hydrogen) atoms. The smallest absolute Gasteiger partial charge is 0.306 e. The summed E-state index contributed by atoms with van der Waals surface area (Å²) in [7, 11) is 0. The minimum Gasteiger partial charge on any atom is -0.481 e. The first-order valence-corrected chi connectivity index (χ1v) is 7.60. The van der Waals surface area contributed by atoms with E-state index in [1.807, 2.05) is 6.92 Å². The van der Waals surface area contributed by atoms with Crippen LogP contribution in [0.15, 0.2) is 22.7 Å². The Balaban J connectivity index is 1.67. The maximum atomic E-state index is 11.0. The van der Waals surface area contributed by atoms with Crippen LogP contribution in [0.25, 0.3) is 0 Å². The van der Waals surface area contributed by atoms with Crippen LogP contribution in [-0.4, -0.2) is 29.1 Å². The van der Waals surface area contributed by atoms with Gasteiger partial charge in [0.15, 0.2) is 0 Å². The van der Waals surface area contributed by atoms with Crippen LogP contribution in [-0.2, 0) is 11.2 Å². The van der Waals surface area contributed by atoms with Gasteiger partial charge in [-0.3, -0.25) is 9.69 Å². The first-order chi connectivity index (χ1) is 9.06. The van der Waals surface area contributed by atoms with Gasteiger partial charge < -0.3 is 5.11 Å². The van der Waals surface area contributed by atoms with E-state index in [2.05, 4.69) is 39.0 Å². The molecule has 0 bridgehead atoms. The molecule has 2 aliphatic rings. The third-order valence-corrected chi connectivity index (χ3v) is 5.12. The van der Waals surface area contributed by atoms with Crippen LogP contribution in [0.1, 0.15) is 30.5 Å². The zero-order valence-electron chi connectivity index (χ0n) is 11.0. The quantitative estimate of drug-likeness (QED) is 0.929. The molecule has 1 aliphatic heterocycles. The Morgan fingerprint density at radius 3 is 2.89 bits per heavy atom. The number of carboxylic acid groups (broad SMARTS) is 1. The molecule has 0 amide bonds. The molecule has 1 N–H and O–H groups in total. The molecule has 1 heterocycles. The van der Waals surface area contributed by atoms with Crippen LogP contribution in [0.3, 0.4) is 0 Å². The number of nitrogens with zero attached hydrogens (tertiary/aromatic N) is 1. The van der Waals surface area contributed by atoms with Gasteiger partial charge in [-0.15, -0.1) is 0 Å². The van der Waals surface area contributed by atoms with Gasteiger partial charge in [-0.1, -0.05) is 28.9 Å². The number of rotatable bonds is 3. The van der Waals surface area contributed by atoms with Crippen LogP contribution in [0.4, 0.5) is 0 Å². The highest BCUT2D eigenvalue weighted by Crippen LogP contribution is 2.41. The molecule has 2 unspecified atom stereocenters. The topological polar surface area (TPSA) is 40.5 Å². The minimum absolute atomic E-state index is 0.220. The Morgan fingerprint density at radius 2 is 2.21 bits per heavy atom. The predicted octanol–water partition coefficient (Wildman–Crippen LogP) is 3.09. The zero-order chi connectivity index (χ0) is 13.6. The van der Waals surface area contributed by atoms with E-state index in [1.165, 1.54) is 17.5 Å². The van der Waals surface area contributed by atoms with Crippen LogP contribution >= 0.6 is 15.9 Å². The Labute approximate surface area is 121 Å². The Kier molecular flexibility index (Phi) is 3.39. The summed E-state index contributed by atoms with van der Waals surface area (Å²) in [6.07, 6.45) is 2.30. The molecule has 0 saturated carbocycles. The van der Waals surface area contributed by atoms with E-state index in [-0.39, 0.29) is 5.92 Å². The Morgan fingerprint density at radius 1 is 1.47 bits per heavy atom. The second kappa shape index (κ2) is 4.91. The van der Waals surface area contributed by atoms with Gasteiger partial charge in [0.2, 0.25) is 0 Å². The van der Waals surface area contributed by atoms with Crippen LogP contribution in [0.5, 0.6) is 0 Å². The van der Waals surface area contributed by atoms with E-state index in [9.17, 15) is 4.79 Å². The van der Waals surface area contributed by atoms with E-state index in [0.29, 0.717) is 12.0 Å². The number of hydrogen-bond donors (Lipinski definition) is 1. The van der Waals surface area contributed by atoms with Gasteiger partial charge in [-0.2, -0.15) is 0 Å². The largest absolute Gasteiger partial charge is 0.481 e. The molecule has 1 aromatic carbocycles. The maximum absolute atomic E-state index is 11.0. The molecule has 3 rings (SSSR count). The number of hydrogen-bond acceptors (Lipinski definition) is 2. The highest BCUT2D eigenvalue weighted by atomic mass is 79.9. The Hall–Kier alpha value is -0.870. The first-order valence-electron chi connectivity index (χ1n) is 6.81. The van der Waals surface area contributed by atoms with E-state index in [0.717, 1.165) is 24.0 Å². The summed E-state index contributed by atoms with van der Waals surface area (Å²) in [6, 6.07) is 7.03. The van der Waals surface area contributed by atoms with Crippen molar-refractivity contribution in [2.24, 2.45) is 11.8 Å². The van der Waals surface area contributed by atoms with Crippen molar-refractivity contribution < 1.29 is 9.90 Å². The van der Waals surface area contributed by atoms with Crippen LogP contribution in [0, 0.1) is 11.8 Å². The fourth-order valence-electron chi connectivity index (χ4n) is 3.26. The maximum Gasteiger partial charge on any atom is 0.306 e. The number of aryl methyl sites for hydroxylation is 1. The van der Waals surface area contributed by atoms with Crippen molar-refractivity contribution in [1.29, 1.82) is 0 Å². The summed E-state index contributed by atoms with van der Waals surface area (Å²) in [5, 5.41) is 9.03. The molecular weight excluding hydrogens is 306 g/mol. The average molecular weight is 324 g/mol. The number of halogens is 1. The summed E-state index contributed by atoms with van der Waals surface area (Å²) in [5.74, 6) is -0.570. The van der Waals surface area contributed by atoms with Gasteiger partial charge in [0, 0.05) is 23.6 Å². The fraction of sp³-hybridized carbons (Fsp3) is 0.533. The molecule has 102 valence electrons. The number of carbonyl (C=O) groups is 1. The number of carboxylic acids is 1.